The molecular formula is C22H27N5O4S. The van der Waals surface area contributed by atoms with Gasteiger partial charge in [-0.15, -0.1) is 4.37 Å². The van der Waals surface area contributed by atoms with Crippen molar-refractivity contribution >= 4 is 34.4 Å². The number of carbonyl (C=O) groups excluding carboxylic acids is 1. The third-order valence-corrected chi connectivity index (χ3v) is 5.71. The number of hydrogen-bond acceptors (Lipinski definition) is 9. The van der Waals surface area contributed by atoms with Gasteiger partial charge in [-0.3, -0.25) is 4.98 Å². The van der Waals surface area contributed by atoms with Crippen LogP contribution in [0.2, 0.25) is 0 Å². The van der Waals surface area contributed by atoms with E-state index in [-0.39, 0.29) is 6.09 Å². The number of pyridine rings is 1. The van der Waals surface area contributed by atoms with Crippen LogP contribution in [0.15, 0.2) is 36.7 Å². The Balaban J connectivity index is 1.23. The van der Waals surface area contributed by atoms with Crippen molar-refractivity contribution in [1.82, 2.24) is 18.6 Å². The molecule has 10 heteroatoms. The van der Waals surface area contributed by atoms with Crippen molar-refractivity contribution in [2.45, 2.75) is 19.8 Å². The average Bonchev–Trinajstić information content (AvgIpc) is 3.30. The van der Waals surface area contributed by atoms with Crippen molar-refractivity contribution < 1.29 is 19.0 Å². The van der Waals surface area contributed by atoms with Gasteiger partial charge >= 0.3 is 6.09 Å². The molecule has 0 unspecified atom stereocenters. The number of amides is 1. The summed E-state index contributed by atoms with van der Waals surface area (Å²) in [7, 11) is 0. The summed E-state index contributed by atoms with van der Waals surface area (Å²) in [6.07, 6.45) is 5.24. The molecule has 0 saturated carbocycles. The van der Waals surface area contributed by atoms with Crippen LogP contribution < -0.4 is 14.4 Å². The van der Waals surface area contributed by atoms with Gasteiger partial charge in [0.1, 0.15) is 19.0 Å². The molecule has 1 aromatic carbocycles. The Labute approximate surface area is 191 Å². The molecule has 3 heterocycles. The summed E-state index contributed by atoms with van der Waals surface area (Å²) in [4.78, 5) is 20.1. The van der Waals surface area contributed by atoms with E-state index in [9.17, 15) is 4.79 Å². The highest BCUT2D eigenvalue weighted by Crippen LogP contribution is 2.27. The highest BCUT2D eigenvalue weighted by Gasteiger charge is 2.26. The van der Waals surface area contributed by atoms with E-state index in [1.165, 1.54) is 0 Å². The van der Waals surface area contributed by atoms with E-state index in [0.29, 0.717) is 57.7 Å². The summed E-state index contributed by atoms with van der Waals surface area (Å²) in [5, 5.41) is 2.15. The van der Waals surface area contributed by atoms with E-state index in [2.05, 4.69) is 25.6 Å². The molecule has 0 atom stereocenters. The predicted molar refractivity (Wildman–Crippen MR) is 123 cm³/mol. The molecule has 0 aliphatic carbocycles. The molecule has 32 heavy (non-hydrogen) atoms. The number of carbonyl (C=O) groups is 1. The molecule has 170 valence electrons. The van der Waals surface area contributed by atoms with Crippen molar-refractivity contribution in [3.8, 4) is 11.6 Å². The third kappa shape index (κ3) is 5.56. The highest BCUT2D eigenvalue weighted by atomic mass is 32.1. The molecule has 3 aromatic rings. The standard InChI is InChI=1S/C22H27N5O4S/c1-2-3-12-31-22(28)27-10-8-26(9-11-27)20-21(25-32-24-20)30-14-13-29-19-5-4-17-6-7-23-16-18(17)15-19/h4-7,15-16H,2-3,8-14H2,1H3. The maximum absolute atomic E-state index is 12.1. The highest BCUT2D eigenvalue weighted by molar-refractivity contribution is 6.99. The lowest BCUT2D eigenvalue weighted by Crippen LogP contribution is -2.49. The smallest absolute Gasteiger partial charge is 0.409 e. The third-order valence-electron chi connectivity index (χ3n) is 5.21. The number of anilines is 1. The zero-order valence-corrected chi connectivity index (χ0v) is 18.9. The van der Waals surface area contributed by atoms with Gasteiger partial charge in [-0.1, -0.05) is 19.4 Å². The van der Waals surface area contributed by atoms with E-state index in [1.54, 1.807) is 11.1 Å². The van der Waals surface area contributed by atoms with Crippen LogP contribution in [-0.2, 0) is 4.74 Å². The fourth-order valence-corrected chi connectivity index (χ4v) is 3.93. The van der Waals surface area contributed by atoms with Gasteiger partial charge in [-0.2, -0.15) is 4.37 Å². The van der Waals surface area contributed by atoms with E-state index < -0.39 is 0 Å². The molecule has 2 aromatic heterocycles. The lowest BCUT2D eigenvalue weighted by atomic mass is 10.2. The number of piperazine rings is 1. The normalized spacial score (nSPS) is 13.9. The Morgan fingerprint density at radius 1 is 1.03 bits per heavy atom. The zero-order valence-electron chi connectivity index (χ0n) is 18.1. The number of benzene rings is 1. The Hall–Kier alpha value is -3.14. The fraction of sp³-hybridized carbons (Fsp3) is 0.455. The molecule has 1 aliphatic heterocycles. The number of aromatic nitrogens is 3. The van der Waals surface area contributed by atoms with Gasteiger partial charge < -0.3 is 24.0 Å². The minimum atomic E-state index is -0.243. The molecular weight excluding hydrogens is 430 g/mol. The topological polar surface area (TPSA) is 89.9 Å². The molecule has 1 amide bonds. The van der Waals surface area contributed by atoms with Crippen LogP contribution in [0.4, 0.5) is 10.6 Å². The fourth-order valence-electron chi connectivity index (χ4n) is 3.41. The number of nitrogens with zero attached hydrogens (tertiary/aromatic N) is 5. The van der Waals surface area contributed by atoms with Crippen molar-refractivity contribution in [1.29, 1.82) is 0 Å². The summed E-state index contributed by atoms with van der Waals surface area (Å²) in [5.74, 6) is 1.98. The number of ether oxygens (including phenoxy) is 3. The first kappa shape index (κ1) is 22.1. The lowest BCUT2D eigenvalue weighted by molar-refractivity contribution is 0.0988. The van der Waals surface area contributed by atoms with Gasteiger partial charge in [-0.05, 0) is 30.0 Å². The lowest BCUT2D eigenvalue weighted by Gasteiger charge is -2.34. The minimum Gasteiger partial charge on any atom is -0.490 e. The quantitative estimate of drug-likeness (QED) is 0.450. The van der Waals surface area contributed by atoms with E-state index >= 15 is 0 Å². The van der Waals surface area contributed by atoms with Crippen molar-refractivity contribution in [2.24, 2.45) is 0 Å². The van der Waals surface area contributed by atoms with Crippen LogP contribution in [0.5, 0.6) is 11.6 Å². The van der Waals surface area contributed by atoms with Crippen LogP contribution in [0.1, 0.15) is 19.8 Å². The summed E-state index contributed by atoms with van der Waals surface area (Å²) in [5.41, 5.74) is 0. The first-order chi connectivity index (χ1) is 15.7. The number of rotatable bonds is 9. The van der Waals surface area contributed by atoms with Gasteiger partial charge in [0, 0.05) is 44.0 Å². The van der Waals surface area contributed by atoms with Crippen LogP contribution in [-0.4, -0.2) is 70.7 Å². The summed E-state index contributed by atoms with van der Waals surface area (Å²) < 4.78 is 25.6. The van der Waals surface area contributed by atoms with Gasteiger partial charge in [0.25, 0.3) is 5.88 Å². The van der Waals surface area contributed by atoms with Crippen molar-refractivity contribution in [3.05, 3.63) is 36.7 Å². The molecule has 0 spiro atoms. The van der Waals surface area contributed by atoms with E-state index in [4.69, 9.17) is 14.2 Å². The molecule has 0 radical (unpaired) electrons. The first-order valence-electron chi connectivity index (χ1n) is 10.8. The number of fused-ring (bicyclic) bond motifs is 1. The Morgan fingerprint density at radius 2 is 1.88 bits per heavy atom. The Bertz CT molecular complexity index is 1020. The molecule has 4 rings (SSSR count). The van der Waals surface area contributed by atoms with E-state index in [1.807, 2.05) is 30.5 Å². The Morgan fingerprint density at radius 3 is 2.72 bits per heavy atom. The maximum Gasteiger partial charge on any atom is 0.409 e. The van der Waals surface area contributed by atoms with Crippen LogP contribution in [0, 0.1) is 0 Å². The van der Waals surface area contributed by atoms with E-state index in [0.717, 1.165) is 41.1 Å². The molecule has 1 fully saturated rings. The second-order valence-electron chi connectivity index (χ2n) is 7.42. The maximum atomic E-state index is 12.1. The SMILES string of the molecule is CCCCOC(=O)N1CCN(c2nsnc2OCCOc2ccc3ccncc3c2)CC1. The predicted octanol–water partition coefficient (Wildman–Crippen LogP) is 3.60. The van der Waals surface area contributed by atoms with Crippen molar-refractivity contribution in [3.63, 3.8) is 0 Å². The molecule has 0 bridgehead atoms. The molecule has 9 nitrogen and oxygen atoms in total. The molecule has 1 saturated heterocycles. The van der Waals surface area contributed by atoms with Gasteiger partial charge in [0.05, 0.1) is 18.3 Å². The number of hydrogen-bond donors (Lipinski definition) is 0. The van der Waals surface area contributed by atoms with Gasteiger partial charge in [-0.25, -0.2) is 4.79 Å². The van der Waals surface area contributed by atoms with Crippen molar-refractivity contribution in [2.75, 3.05) is 50.9 Å². The van der Waals surface area contributed by atoms with Gasteiger partial charge in [0.2, 0.25) is 5.82 Å². The monoisotopic (exact) mass is 457 g/mol. The minimum absolute atomic E-state index is 0.243. The summed E-state index contributed by atoms with van der Waals surface area (Å²) in [6.45, 7) is 5.78. The summed E-state index contributed by atoms with van der Waals surface area (Å²) in [6, 6.07) is 7.87. The van der Waals surface area contributed by atoms with Crippen LogP contribution >= 0.6 is 11.7 Å². The second kappa shape index (κ2) is 10.9. The zero-order chi connectivity index (χ0) is 22.2. The van der Waals surface area contributed by atoms with Crippen LogP contribution in [0.3, 0.4) is 0 Å². The van der Waals surface area contributed by atoms with Gasteiger partial charge in [0.15, 0.2) is 0 Å². The first-order valence-corrected chi connectivity index (χ1v) is 11.6. The second-order valence-corrected chi connectivity index (χ2v) is 7.95. The Kier molecular flexibility index (Phi) is 7.55. The molecule has 1 aliphatic rings. The number of unbranched alkanes of at least 4 members (excludes halogenated alkanes) is 1. The summed E-state index contributed by atoms with van der Waals surface area (Å²) >= 11 is 1.12. The largest absolute Gasteiger partial charge is 0.490 e. The average molecular weight is 458 g/mol. The van der Waals surface area contributed by atoms with Crippen LogP contribution in [0.25, 0.3) is 10.8 Å². The molecule has 0 N–H and O–H groups in total.